The molecular weight excluding hydrogens is 265 g/mol. The molecule has 1 aliphatic rings. The molecule has 1 aliphatic heterocycles. The molecule has 0 spiro atoms. The molecule has 0 saturated carbocycles. The highest BCUT2D eigenvalue weighted by Crippen LogP contribution is 2.34. The average Bonchev–Trinajstić information content (AvgIpc) is 2.85. The van der Waals surface area contributed by atoms with Crippen molar-refractivity contribution in [3.05, 3.63) is 34.1 Å². The summed E-state index contributed by atoms with van der Waals surface area (Å²) in [5.41, 5.74) is -0.00226. The number of nitrogens with zero attached hydrogens (tertiary/aromatic N) is 3. The Kier molecular flexibility index (Phi) is 3.87. The first-order chi connectivity index (χ1) is 9.41. The van der Waals surface area contributed by atoms with Crippen molar-refractivity contribution in [3.8, 4) is 0 Å². The number of anilines is 1. The zero-order valence-corrected chi connectivity index (χ0v) is 11.4. The van der Waals surface area contributed by atoms with Gasteiger partial charge in [0.25, 0.3) is 5.69 Å². The van der Waals surface area contributed by atoms with Crippen LogP contribution >= 0.6 is 0 Å². The molecule has 2 rings (SSSR count). The molecule has 1 saturated heterocycles. The van der Waals surface area contributed by atoms with Crippen molar-refractivity contribution in [2.45, 2.75) is 18.9 Å². The van der Waals surface area contributed by atoms with Crippen LogP contribution in [0, 0.1) is 15.9 Å². The number of nitro groups is 1. The van der Waals surface area contributed by atoms with Crippen molar-refractivity contribution in [2.75, 3.05) is 25.5 Å². The van der Waals surface area contributed by atoms with Crippen LogP contribution in [-0.2, 0) is 4.79 Å². The molecule has 1 unspecified atom stereocenters. The van der Waals surface area contributed by atoms with E-state index in [1.165, 1.54) is 4.90 Å². The van der Waals surface area contributed by atoms with Crippen molar-refractivity contribution in [3.63, 3.8) is 0 Å². The summed E-state index contributed by atoms with van der Waals surface area (Å²) < 4.78 is 13.4. The fraction of sp³-hybridized carbons (Fsp3) is 0.462. The first-order valence-electron chi connectivity index (χ1n) is 6.33. The first-order valence-corrected chi connectivity index (χ1v) is 6.33. The fourth-order valence-corrected chi connectivity index (χ4v) is 2.49. The summed E-state index contributed by atoms with van der Waals surface area (Å²) in [4.78, 5) is 25.7. The lowest BCUT2D eigenvalue weighted by Crippen LogP contribution is -2.43. The monoisotopic (exact) mass is 281 g/mol. The van der Waals surface area contributed by atoms with E-state index in [-0.39, 0.29) is 17.3 Å². The number of rotatable bonds is 3. The fourth-order valence-electron chi connectivity index (χ4n) is 2.49. The van der Waals surface area contributed by atoms with Gasteiger partial charge in [0.1, 0.15) is 17.5 Å². The van der Waals surface area contributed by atoms with Crippen LogP contribution in [0.3, 0.4) is 0 Å². The summed E-state index contributed by atoms with van der Waals surface area (Å²) in [5.74, 6) is -0.672. The number of nitro benzene ring substituents is 1. The molecular formula is C13H16FN3O3. The second-order valence-electron chi connectivity index (χ2n) is 4.97. The Morgan fingerprint density at radius 2 is 2.20 bits per heavy atom. The third-order valence-electron chi connectivity index (χ3n) is 3.42. The van der Waals surface area contributed by atoms with Gasteiger partial charge in [-0.15, -0.1) is 0 Å². The molecule has 0 aliphatic carbocycles. The molecule has 108 valence electrons. The Morgan fingerprint density at radius 3 is 2.80 bits per heavy atom. The predicted octanol–water partition coefficient (Wildman–Crippen LogP) is 1.79. The molecule has 0 N–H and O–H groups in total. The summed E-state index contributed by atoms with van der Waals surface area (Å²) in [6, 6.07) is 2.85. The standard InChI is InChI=1S/C13H16FN3O3/c1-15(2)13(18)11-4-3-7-16(11)12-8-9(14)5-6-10(12)17(19)20/h5-6,8,11H,3-4,7H2,1-2H3. The molecule has 1 heterocycles. The summed E-state index contributed by atoms with van der Waals surface area (Å²) >= 11 is 0. The van der Waals surface area contributed by atoms with E-state index in [1.54, 1.807) is 19.0 Å². The number of carbonyl (C=O) groups excluding carboxylic acids is 1. The van der Waals surface area contributed by atoms with E-state index < -0.39 is 16.8 Å². The van der Waals surface area contributed by atoms with Gasteiger partial charge in [-0.1, -0.05) is 0 Å². The van der Waals surface area contributed by atoms with Crippen LogP contribution in [0.25, 0.3) is 0 Å². The van der Waals surface area contributed by atoms with Crippen molar-refractivity contribution in [2.24, 2.45) is 0 Å². The predicted molar refractivity (Wildman–Crippen MR) is 72.1 cm³/mol. The van der Waals surface area contributed by atoms with Crippen LogP contribution in [0.5, 0.6) is 0 Å². The number of carbonyl (C=O) groups is 1. The van der Waals surface area contributed by atoms with Gasteiger partial charge in [-0.3, -0.25) is 14.9 Å². The molecule has 1 fully saturated rings. The number of benzene rings is 1. The van der Waals surface area contributed by atoms with Crippen molar-refractivity contribution < 1.29 is 14.1 Å². The normalized spacial score (nSPS) is 18.1. The van der Waals surface area contributed by atoms with Gasteiger partial charge in [0.15, 0.2) is 0 Å². The maximum Gasteiger partial charge on any atom is 0.292 e. The number of halogens is 1. The smallest absolute Gasteiger partial charge is 0.292 e. The maximum absolute atomic E-state index is 13.4. The third kappa shape index (κ3) is 2.56. The minimum Gasteiger partial charge on any atom is -0.354 e. The van der Waals surface area contributed by atoms with Crippen LogP contribution in [0.1, 0.15) is 12.8 Å². The van der Waals surface area contributed by atoms with Gasteiger partial charge in [-0.25, -0.2) is 4.39 Å². The third-order valence-corrected chi connectivity index (χ3v) is 3.42. The van der Waals surface area contributed by atoms with Crippen LogP contribution in [0.4, 0.5) is 15.8 Å². The Labute approximate surface area is 115 Å². The van der Waals surface area contributed by atoms with Crippen LogP contribution in [0.15, 0.2) is 18.2 Å². The summed E-state index contributed by atoms with van der Waals surface area (Å²) in [7, 11) is 3.28. The van der Waals surface area contributed by atoms with Gasteiger partial charge < -0.3 is 9.80 Å². The molecule has 20 heavy (non-hydrogen) atoms. The average molecular weight is 281 g/mol. The van der Waals surface area contributed by atoms with E-state index in [2.05, 4.69) is 0 Å². The molecule has 7 heteroatoms. The quantitative estimate of drug-likeness (QED) is 0.626. The second-order valence-corrected chi connectivity index (χ2v) is 4.97. The minimum absolute atomic E-state index is 0.124. The van der Waals surface area contributed by atoms with E-state index in [0.717, 1.165) is 24.6 Å². The summed E-state index contributed by atoms with van der Waals surface area (Å²) in [5, 5.41) is 11.1. The molecule has 1 amide bonds. The lowest BCUT2D eigenvalue weighted by Gasteiger charge is -2.27. The number of likely N-dealkylation sites (N-methyl/N-ethyl adjacent to an activating group) is 1. The highest BCUT2D eigenvalue weighted by Gasteiger charge is 2.35. The highest BCUT2D eigenvalue weighted by atomic mass is 19.1. The summed E-state index contributed by atoms with van der Waals surface area (Å²) in [6.45, 7) is 0.508. The zero-order valence-electron chi connectivity index (χ0n) is 11.4. The number of hydrogen-bond donors (Lipinski definition) is 0. The number of hydrogen-bond acceptors (Lipinski definition) is 4. The van der Waals surface area contributed by atoms with Gasteiger partial charge in [0.05, 0.1) is 4.92 Å². The van der Waals surface area contributed by atoms with Crippen LogP contribution < -0.4 is 4.90 Å². The molecule has 1 atom stereocenters. The van der Waals surface area contributed by atoms with Crippen LogP contribution in [-0.4, -0.2) is 42.4 Å². The van der Waals surface area contributed by atoms with Gasteiger partial charge >= 0.3 is 0 Å². The van der Waals surface area contributed by atoms with Gasteiger partial charge in [-0.2, -0.15) is 0 Å². The van der Waals surface area contributed by atoms with Gasteiger partial charge in [0, 0.05) is 32.8 Å². The van der Waals surface area contributed by atoms with Crippen molar-refractivity contribution in [1.82, 2.24) is 4.90 Å². The van der Waals surface area contributed by atoms with E-state index >= 15 is 0 Å². The van der Waals surface area contributed by atoms with E-state index in [0.29, 0.717) is 13.0 Å². The lowest BCUT2D eigenvalue weighted by molar-refractivity contribution is -0.384. The van der Waals surface area contributed by atoms with Gasteiger partial charge in [0.2, 0.25) is 5.91 Å². The largest absolute Gasteiger partial charge is 0.354 e. The topological polar surface area (TPSA) is 66.7 Å². The Balaban J connectivity index is 2.42. The first kappa shape index (κ1) is 14.2. The molecule has 1 aromatic rings. The Hall–Kier alpha value is -2.18. The highest BCUT2D eigenvalue weighted by molar-refractivity contribution is 5.86. The molecule has 0 bridgehead atoms. The Bertz CT molecular complexity index is 548. The van der Waals surface area contributed by atoms with Crippen LogP contribution in [0.2, 0.25) is 0 Å². The SMILES string of the molecule is CN(C)C(=O)C1CCCN1c1cc(F)ccc1[N+](=O)[O-]. The maximum atomic E-state index is 13.4. The van der Waals surface area contributed by atoms with Gasteiger partial charge in [-0.05, 0) is 18.9 Å². The lowest BCUT2D eigenvalue weighted by atomic mass is 10.1. The second kappa shape index (κ2) is 5.44. The minimum atomic E-state index is -0.551. The summed E-state index contributed by atoms with van der Waals surface area (Å²) in [6.07, 6.45) is 1.36. The van der Waals surface area contributed by atoms with Crippen molar-refractivity contribution >= 4 is 17.3 Å². The molecule has 0 aromatic heterocycles. The number of amides is 1. The van der Waals surface area contributed by atoms with E-state index in [9.17, 15) is 19.3 Å². The van der Waals surface area contributed by atoms with Crippen molar-refractivity contribution in [1.29, 1.82) is 0 Å². The molecule has 1 aromatic carbocycles. The van der Waals surface area contributed by atoms with E-state index in [1.807, 2.05) is 0 Å². The Morgan fingerprint density at radius 1 is 1.50 bits per heavy atom. The zero-order chi connectivity index (χ0) is 14.9. The van der Waals surface area contributed by atoms with E-state index in [4.69, 9.17) is 0 Å². The molecule has 0 radical (unpaired) electrons. The molecule has 6 nitrogen and oxygen atoms in total.